The summed E-state index contributed by atoms with van der Waals surface area (Å²) in [5.74, 6) is -1.87. The fourth-order valence-electron chi connectivity index (χ4n) is 2.87. The fraction of sp³-hybridized carbons (Fsp3) is 0.294. The van der Waals surface area contributed by atoms with Gasteiger partial charge >= 0.3 is 0 Å². The van der Waals surface area contributed by atoms with Crippen LogP contribution >= 0.6 is 0 Å². The molecule has 1 aromatic carbocycles. The highest BCUT2D eigenvalue weighted by Crippen LogP contribution is 2.24. The maximum atomic E-state index is 12.6. The number of carbonyl (C=O) groups is 4. The summed E-state index contributed by atoms with van der Waals surface area (Å²) < 4.78 is 5.43. The van der Waals surface area contributed by atoms with Crippen molar-refractivity contribution in [2.24, 2.45) is 5.11 Å². The zero-order valence-electron chi connectivity index (χ0n) is 14.6. The lowest BCUT2D eigenvalue weighted by molar-refractivity contribution is -0.149. The summed E-state index contributed by atoms with van der Waals surface area (Å²) in [7, 11) is 0. The van der Waals surface area contributed by atoms with Crippen LogP contribution in [0.5, 0.6) is 5.75 Å². The minimum absolute atomic E-state index is 0.0148. The number of imide groups is 2. The SMILES string of the molecule is [N-]=[N+]=NCCOc1cccc(NC2=CC(=O)N(C3CCC(=O)NC3=O)C2=O)c1. The first-order chi connectivity index (χ1) is 13.5. The number of azide groups is 1. The van der Waals surface area contributed by atoms with Gasteiger partial charge in [-0.2, -0.15) is 0 Å². The van der Waals surface area contributed by atoms with Gasteiger partial charge in [0, 0.05) is 29.2 Å². The number of anilines is 1. The second kappa shape index (κ2) is 8.23. The quantitative estimate of drug-likeness (QED) is 0.233. The molecule has 0 bridgehead atoms. The van der Waals surface area contributed by atoms with Gasteiger partial charge < -0.3 is 10.1 Å². The van der Waals surface area contributed by atoms with Gasteiger partial charge in [-0.3, -0.25) is 29.4 Å². The molecule has 11 heteroatoms. The van der Waals surface area contributed by atoms with Crippen LogP contribution in [0.1, 0.15) is 12.8 Å². The molecular weight excluding hydrogens is 368 g/mol. The Morgan fingerprint density at radius 3 is 2.89 bits per heavy atom. The van der Waals surface area contributed by atoms with Crippen molar-refractivity contribution in [1.29, 1.82) is 0 Å². The van der Waals surface area contributed by atoms with Crippen molar-refractivity contribution in [3.05, 3.63) is 46.5 Å². The molecule has 28 heavy (non-hydrogen) atoms. The number of ether oxygens (including phenoxy) is 1. The summed E-state index contributed by atoms with van der Waals surface area (Å²) in [6.45, 7) is 0.365. The Balaban J connectivity index is 1.67. The molecule has 11 nitrogen and oxygen atoms in total. The fourth-order valence-corrected chi connectivity index (χ4v) is 2.87. The first kappa shape index (κ1) is 18.9. The molecule has 2 heterocycles. The van der Waals surface area contributed by atoms with E-state index in [4.69, 9.17) is 10.3 Å². The minimum Gasteiger partial charge on any atom is -0.493 e. The average molecular weight is 384 g/mol. The van der Waals surface area contributed by atoms with E-state index in [-0.39, 0.29) is 31.7 Å². The van der Waals surface area contributed by atoms with E-state index in [9.17, 15) is 19.2 Å². The van der Waals surface area contributed by atoms with E-state index < -0.39 is 29.7 Å². The Morgan fingerprint density at radius 2 is 2.14 bits per heavy atom. The van der Waals surface area contributed by atoms with Crippen molar-refractivity contribution >= 4 is 29.3 Å². The molecule has 0 radical (unpaired) electrons. The standard InChI is InChI=1S/C17H16N6O5/c18-22-19-6-7-28-11-3-1-2-10(8-11)20-12-9-15(25)23(17(12)27)13-4-5-14(24)21-16(13)26/h1-3,8-9,13,20H,4-7H2,(H,21,24,26). The number of amides is 4. The van der Waals surface area contributed by atoms with E-state index in [2.05, 4.69) is 20.7 Å². The first-order valence-electron chi connectivity index (χ1n) is 8.43. The Morgan fingerprint density at radius 1 is 1.32 bits per heavy atom. The van der Waals surface area contributed by atoms with E-state index in [1.165, 1.54) is 0 Å². The molecule has 2 aliphatic rings. The summed E-state index contributed by atoms with van der Waals surface area (Å²) in [5.41, 5.74) is 8.75. The Hall–Kier alpha value is -3.85. The number of piperidine rings is 1. The highest BCUT2D eigenvalue weighted by atomic mass is 16.5. The number of benzene rings is 1. The van der Waals surface area contributed by atoms with Crippen LogP contribution < -0.4 is 15.4 Å². The zero-order chi connectivity index (χ0) is 20.1. The first-order valence-corrected chi connectivity index (χ1v) is 8.43. The molecule has 2 N–H and O–H groups in total. The Kier molecular flexibility index (Phi) is 5.56. The van der Waals surface area contributed by atoms with Crippen molar-refractivity contribution in [1.82, 2.24) is 10.2 Å². The van der Waals surface area contributed by atoms with Crippen LogP contribution in [-0.2, 0) is 19.2 Å². The van der Waals surface area contributed by atoms with Gasteiger partial charge in [0.2, 0.25) is 11.8 Å². The third-order valence-corrected chi connectivity index (χ3v) is 4.11. The molecule has 3 rings (SSSR count). The summed E-state index contributed by atoms with van der Waals surface area (Å²) in [6.07, 6.45) is 1.27. The van der Waals surface area contributed by atoms with Gasteiger partial charge in [-0.1, -0.05) is 11.2 Å². The molecule has 4 amide bonds. The second-order valence-electron chi connectivity index (χ2n) is 5.99. The number of carbonyl (C=O) groups excluding carboxylic acids is 4. The maximum absolute atomic E-state index is 12.6. The maximum Gasteiger partial charge on any atom is 0.278 e. The summed E-state index contributed by atoms with van der Waals surface area (Å²) >= 11 is 0. The highest BCUT2D eigenvalue weighted by molar-refractivity contribution is 6.20. The lowest BCUT2D eigenvalue weighted by atomic mass is 10.0. The van der Waals surface area contributed by atoms with E-state index in [1.807, 2.05) is 0 Å². The van der Waals surface area contributed by atoms with Crippen molar-refractivity contribution in [3.8, 4) is 5.75 Å². The monoisotopic (exact) mass is 384 g/mol. The molecule has 0 aliphatic carbocycles. The molecule has 0 spiro atoms. The minimum atomic E-state index is -1.01. The van der Waals surface area contributed by atoms with E-state index >= 15 is 0 Å². The van der Waals surface area contributed by atoms with E-state index in [0.717, 1.165) is 11.0 Å². The normalized spacial score (nSPS) is 19.1. The number of hydrogen-bond acceptors (Lipinski definition) is 7. The molecule has 1 unspecified atom stereocenters. The topological polar surface area (TPSA) is 154 Å². The average Bonchev–Trinajstić information content (AvgIpc) is 2.93. The number of nitrogens with one attached hydrogen (secondary N) is 2. The predicted octanol–water partition coefficient (Wildman–Crippen LogP) is 0.845. The summed E-state index contributed by atoms with van der Waals surface area (Å²) in [4.78, 5) is 51.6. The smallest absolute Gasteiger partial charge is 0.278 e. The number of rotatable bonds is 7. The number of hydrogen-bond donors (Lipinski definition) is 2. The van der Waals surface area contributed by atoms with Gasteiger partial charge in [0.15, 0.2) is 0 Å². The van der Waals surface area contributed by atoms with Crippen LogP contribution in [0.25, 0.3) is 10.4 Å². The van der Waals surface area contributed by atoms with E-state index in [0.29, 0.717) is 11.4 Å². The third-order valence-electron chi connectivity index (χ3n) is 4.11. The van der Waals surface area contributed by atoms with Gasteiger partial charge in [0.1, 0.15) is 17.5 Å². The molecule has 1 saturated heterocycles. The molecule has 2 aliphatic heterocycles. The van der Waals surface area contributed by atoms with Gasteiger partial charge in [-0.15, -0.1) is 0 Å². The van der Waals surface area contributed by atoms with Crippen molar-refractivity contribution in [3.63, 3.8) is 0 Å². The molecule has 1 fully saturated rings. The largest absolute Gasteiger partial charge is 0.493 e. The predicted molar refractivity (Wildman–Crippen MR) is 95.7 cm³/mol. The van der Waals surface area contributed by atoms with E-state index in [1.54, 1.807) is 24.3 Å². The second-order valence-corrected chi connectivity index (χ2v) is 5.99. The van der Waals surface area contributed by atoms with Crippen molar-refractivity contribution in [2.75, 3.05) is 18.5 Å². The van der Waals surface area contributed by atoms with Crippen LogP contribution in [0, 0.1) is 0 Å². The lowest BCUT2D eigenvalue weighted by Gasteiger charge is -2.28. The molecule has 144 valence electrons. The Bertz CT molecular complexity index is 920. The van der Waals surface area contributed by atoms with Crippen LogP contribution in [0.3, 0.4) is 0 Å². The third kappa shape index (κ3) is 4.10. The van der Waals surface area contributed by atoms with Gasteiger partial charge in [0.25, 0.3) is 11.8 Å². The van der Waals surface area contributed by atoms with Crippen LogP contribution in [0.4, 0.5) is 5.69 Å². The molecule has 1 atom stereocenters. The van der Waals surface area contributed by atoms with Crippen molar-refractivity contribution < 1.29 is 23.9 Å². The Labute approximate surface area is 158 Å². The molecule has 1 aromatic rings. The van der Waals surface area contributed by atoms with Crippen molar-refractivity contribution in [2.45, 2.75) is 18.9 Å². The van der Waals surface area contributed by atoms with Gasteiger partial charge in [-0.05, 0) is 24.1 Å². The lowest BCUT2D eigenvalue weighted by Crippen LogP contribution is -2.54. The zero-order valence-corrected chi connectivity index (χ0v) is 14.6. The summed E-state index contributed by atoms with van der Waals surface area (Å²) in [6, 6.07) is 5.65. The van der Waals surface area contributed by atoms with Gasteiger partial charge in [-0.25, -0.2) is 0 Å². The highest BCUT2D eigenvalue weighted by Gasteiger charge is 2.42. The van der Waals surface area contributed by atoms with Crippen LogP contribution in [0.15, 0.2) is 41.2 Å². The van der Waals surface area contributed by atoms with Crippen LogP contribution in [0.2, 0.25) is 0 Å². The number of nitrogens with zero attached hydrogens (tertiary/aromatic N) is 4. The molecule has 0 aromatic heterocycles. The van der Waals surface area contributed by atoms with Crippen LogP contribution in [-0.4, -0.2) is 47.7 Å². The molecular formula is C17H16N6O5. The summed E-state index contributed by atoms with van der Waals surface area (Å²) in [5, 5.41) is 8.34. The van der Waals surface area contributed by atoms with Gasteiger partial charge in [0.05, 0.1) is 13.2 Å². The molecule has 0 saturated carbocycles.